The van der Waals surface area contributed by atoms with E-state index in [2.05, 4.69) is 9.47 Å². The molecule has 0 aromatic carbocycles. The van der Waals surface area contributed by atoms with E-state index in [1.807, 2.05) is 0 Å². The maximum absolute atomic E-state index is 11.7. The van der Waals surface area contributed by atoms with Gasteiger partial charge in [-0.2, -0.15) is 0 Å². The fraction of sp³-hybridized carbons (Fsp3) is 0.438. The number of aldehydes is 1. The van der Waals surface area contributed by atoms with Gasteiger partial charge in [0.05, 0.1) is 43.7 Å². The summed E-state index contributed by atoms with van der Waals surface area (Å²) in [6, 6.07) is 3.20. The molecule has 0 fully saturated rings. The number of rotatable bonds is 8. The Balaban J connectivity index is 2.58. The molecule has 0 spiro atoms. The summed E-state index contributed by atoms with van der Waals surface area (Å²) in [5, 5.41) is 18.8. The Bertz CT molecular complexity index is 790. The molecule has 0 radical (unpaired) electrons. The van der Waals surface area contributed by atoms with Crippen LogP contribution in [0.3, 0.4) is 0 Å². The van der Waals surface area contributed by atoms with E-state index in [0.29, 0.717) is 23.0 Å². The fourth-order valence-electron chi connectivity index (χ4n) is 2.65. The van der Waals surface area contributed by atoms with E-state index in [0.717, 1.165) is 0 Å². The molecular weight excluding hydrogens is 332 g/mol. The van der Waals surface area contributed by atoms with E-state index in [-0.39, 0.29) is 25.2 Å². The topological polar surface area (TPSA) is 120 Å². The lowest BCUT2D eigenvalue weighted by Crippen LogP contribution is -2.20. The molecule has 25 heavy (non-hydrogen) atoms. The molecular formula is C16H20N2O7. The molecule has 0 saturated heterocycles. The van der Waals surface area contributed by atoms with Gasteiger partial charge in [-0.25, -0.2) is 0 Å². The Kier molecular flexibility index (Phi) is 5.94. The average Bonchev–Trinajstić information content (AvgIpc) is 3.11. The second-order valence-electron chi connectivity index (χ2n) is 5.46. The molecule has 2 N–H and O–H groups in total. The molecule has 9 heteroatoms. The number of ether oxygens (including phenoxy) is 2. The number of carbonyl (C=O) groups excluding carboxylic acids is 3. The lowest BCUT2D eigenvalue weighted by atomic mass is 10.2. The molecule has 2 aromatic rings. The lowest BCUT2D eigenvalue weighted by molar-refractivity contribution is -0.142. The highest BCUT2D eigenvalue weighted by Crippen LogP contribution is 2.25. The maximum atomic E-state index is 11.7. The summed E-state index contributed by atoms with van der Waals surface area (Å²) in [6.07, 6.45) is -0.306. The number of nitrogens with zero attached hydrogens (tertiary/aromatic N) is 2. The summed E-state index contributed by atoms with van der Waals surface area (Å²) < 4.78 is 12.4. The number of aromatic nitrogens is 2. The standard InChI is InChI=1S/C16H20N2O7/c1-24-15(22)6-17-10(3-12(21)9-20)4-13-14(17)5-11(8-19)18(13)7-16(23)25-2/h4-5,8,12,20-21H,3,6-7,9H2,1-2H3. The van der Waals surface area contributed by atoms with Crippen molar-refractivity contribution in [2.45, 2.75) is 25.6 Å². The molecule has 0 amide bonds. The third-order valence-electron chi connectivity index (χ3n) is 3.90. The maximum Gasteiger partial charge on any atom is 0.325 e. The van der Waals surface area contributed by atoms with Crippen molar-refractivity contribution in [2.24, 2.45) is 0 Å². The molecule has 2 aromatic heterocycles. The number of aliphatic hydroxyl groups excluding tert-OH is 2. The van der Waals surface area contributed by atoms with Gasteiger partial charge in [0.15, 0.2) is 6.29 Å². The van der Waals surface area contributed by atoms with Crippen LogP contribution in [0.1, 0.15) is 16.2 Å². The highest BCUT2D eigenvalue weighted by Gasteiger charge is 2.21. The van der Waals surface area contributed by atoms with E-state index in [1.165, 1.54) is 18.8 Å². The van der Waals surface area contributed by atoms with Gasteiger partial charge < -0.3 is 28.8 Å². The summed E-state index contributed by atoms with van der Waals surface area (Å²) >= 11 is 0. The first-order valence-corrected chi connectivity index (χ1v) is 7.54. The SMILES string of the molecule is COC(=O)Cn1c(C=O)cc2c1cc(CC(O)CO)n2CC(=O)OC. The Morgan fingerprint density at radius 1 is 1.12 bits per heavy atom. The van der Waals surface area contributed by atoms with Crippen molar-refractivity contribution in [3.63, 3.8) is 0 Å². The first-order chi connectivity index (χ1) is 11.9. The molecule has 0 bridgehead atoms. The minimum atomic E-state index is -1.00. The molecule has 2 heterocycles. The molecule has 0 aliphatic carbocycles. The zero-order valence-electron chi connectivity index (χ0n) is 14.0. The zero-order valence-corrected chi connectivity index (χ0v) is 14.0. The first kappa shape index (κ1) is 18.7. The molecule has 1 atom stereocenters. The number of methoxy groups -OCH3 is 2. The molecule has 0 aliphatic heterocycles. The van der Waals surface area contributed by atoms with Gasteiger partial charge in [-0.1, -0.05) is 0 Å². The second-order valence-corrected chi connectivity index (χ2v) is 5.46. The molecule has 9 nitrogen and oxygen atoms in total. The predicted octanol–water partition coefficient (Wildman–Crippen LogP) is -0.503. The summed E-state index contributed by atoms with van der Waals surface area (Å²) in [7, 11) is 2.50. The van der Waals surface area contributed by atoms with Crippen LogP contribution in [-0.2, 0) is 38.6 Å². The lowest BCUT2D eigenvalue weighted by Gasteiger charge is -2.11. The van der Waals surface area contributed by atoms with Crippen molar-refractivity contribution < 1.29 is 34.1 Å². The van der Waals surface area contributed by atoms with Crippen LogP contribution in [0.4, 0.5) is 0 Å². The van der Waals surface area contributed by atoms with Crippen molar-refractivity contribution in [1.82, 2.24) is 9.13 Å². The predicted molar refractivity (Wildman–Crippen MR) is 86.1 cm³/mol. The van der Waals surface area contributed by atoms with Crippen molar-refractivity contribution in [3.8, 4) is 0 Å². The second kappa shape index (κ2) is 7.95. The molecule has 0 saturated carbocycles. The van der Waals surface area contributed by atoms with Crippen LogP contribution < -0.4 is 0 Å². The number of aliphatic hydroxyl groups is 2. The Morgan fingerprint density at radius 2 is 1.68 bits per heavy atom. The highest BCUT2D eigenvalue weighted by atomic mass is 16.5. The van der Waals surface area contributed by atoms with Gasteiger partial charge in [-0.3, -0.25) is 14.4 Å². The van der Waals surface area contributed by atoms with Gasteiger partial charge in [0.1, 0.15) is 13.1 Å². The molecule has 0 aliphatic rings. The first-order valence-electron chi connectivity index (χ1n) is 7.54. The molecule has 1 unspecified atom stereocenters. The van der Waals surface area contributed by atoms with Crippen molar-refractivity contribution in [2.75, 3.05) is 20.8 Å². The number of fused-ring (bicyclic) bond motifs is 1. The number of hydrogen-bond donors (Lipinski definition) is 2. The van der Waals surface area contributed by atoms with Gasteiger partial charge >= 0.3 is 11.9 Å². The molecule has 136 valence electrons. The minimum absolute atomic E-state index is 0.0941. The monoisotopic (exact) mass is 352 g/mol. The van der Waals surface area contributed by atoms with Crippen LogP contribution >= 0.6 is 0 Å². The zero-order chi connectivity index (χ0) is 18.6. The van der Waals surface area contributed by atoms with Gasteiger partial charge in [0.25, 0.3) is 0 Å². The van der Waals surface area contributed by atoms with Crippen molar-refractivity contribution in [3.05, 3.63) is 23.5 Å². The van der Waals surface area contributed by atoms with Crippen molar-refractivity contribution >= 4 is 29.3 Å². The van der Waals surface area contributed by atoms with Crippen LogP contribution in [0.25, 0.3) is 11.0 Å². The van der Waals surface area contributed by atoms with E-state index in [1.54, 1.807) is 16.7 Å². The van der Waals surface area contributed by atoms with E-state index < -0.39 is 24.6 Å². The number of esters is 2. The largest absolute Gasteiger partial charge is 0.468 e. The smallest absolute Gasteiger partial charge is 0.325 e. The Hall–Kier alpha value is -2.65. The summed E-state index contributed by atoms with van der Waals surface area (Å²) in [5.41, 5.74) is 1.89. The van der Waals surface area contributed by atoms with Gasteiger partial charge in [0.2, 0.25) is 0 Å². The summed E-state index contributed by atoms with van der Waals surface area (Å²) in [4.78, 5) is 34.6. The quantitative estimate of drug-likeness (QED) is 0.485. The number of hydrogen-bond acceptors (Lipinski definition) is 7. The van der Waals surface area contributed by atoms with Crippen LogP contribution in [0.5, 0.6) is 0 Å². The van der Waals surface area contributed by atoms with Gasteiger partial charge in [0, 0.05) is 12.1 Å². The van der Waals surface area contributed by atoms with E-state index in [9.17, 15) is 19.5 Å². The van der Waals surface area contributed by atoms with E-state index >= 15 is 0 Å². The van der Waals surface area contributed by atoms with Gasteiger partial charge in [-0.05, 0) is 12.1 Å². The summed E-state index contributed by atoms with van der Waals surface area (Å²) in [6.45, 7) is -0.734. The third kappa shape index (κ3) is 3.89. The molecule has 2 rings (SSSR count). The van der Waals surface area contributed by atoms with Crippen LogP contribution in [0, 0.1) is 0 Å². The average molecular weight is 352 g/mol. The van der Waals surface area contributed by atoms with E-state index in [4.69, 9.17) is 5.11 Å². The number of carbonyl (C=O) groups is 3. The Labute approximate surface area is 143 Å². The third-order valence-corrected chi connectivity index (χ3v) is 3.90. The fourth-order valence-corrected chi connectivity index (χ4v) is 2.65. The van der Waals surface area contributed by atoms with Crippen LogP contribution in [-0.4, -0.2) is 64.5 Å². The van der Waals surface area contributed by atoms with Gasteiger partial charge in [-0.15, -0.1) is 0 Å². The Morgan fingerprint density at radius 3 is 2.20 bits per heavy atom. The van der Waals surface area contributed by atoms with Crippen molar-refractivity contribution in [1.29, 1.82) is 0 Å². The minimum Gasteiger partial charge on any atom is -0.468 e. The highest BCUT2D eigenvalue weighted by molar-refractivity contribution is 5.90. The van der Waals surface area contributed by atoms with Crippen LogP contribution in [0.2, 0.25) is 0 Å². The van der Waals surface area contributed by atoms with Crippen LogP contribution in [0.15, 0.2) is 12.1 Å². The normalized spacial score (nSPS) is 12.2. The summed E-state index contributed by atoms with van der Waals surface area (Å²) in [5.74, 6) is -1.04.